The smallest absolute Gasteiger partial charge is 0.744 e. The molecule has 0 atom stereocenters. The molecule has 17 heteroatoms. The van der Waals surface area contributed by atoms with Crippen molar-refractivity contribution in [1.29, 1.82) is 0 Å². The number of ether oxygens (including phenoxy) is 4. The molecule has 61 heavy (non-hydrogen) atoms. The van der Waals surface area contributed by atoms with Gasteiger partial charge < -0.3 is 28.1 Å². The van der Waals surface area contributed by atoms with Crippen molar-refractivity contribution in [2.75, 3.05) is 0 Å². The van der Waals surface area contributed by atoms with Gasteiger partial charge in [-0.3, -0.25) is 0 Å². The molecule has 0 N–H and O–H groups in total. The van der Waals surface area contributed by atoms with Gasteiger partial charge in [-0.1, -0.05) is 111 Å². The summed E-state index contributed by atoms with van der Waals surface area (Å²) in [7, 11) is -9.81. The molecule has 14 nitrogen and oxygen atoms in total. The molecule has 0 aliphatic heterocycles. The molecule has 340 valence electrons. The first-order chi connectivity index (χ1) is 27.3. The third-order valence-corrected chi connectivity index (χ3v) is 11.2. The maximum Gasteiger partial charge on any atom is 2.00 e. The SMILES string of the molecule is CC(C)C(OC(=O)c1cc(C(=O)OC(C(C)C)C(C)C)cc(S(=O)(=O)[O-])c1)C(C)C.CC(C)C(OC(=O)c1cc(C(=O)OC(C(C)C)C(C)C)cc(S(=O)(=O)[O-])c1)C(C)C.[Ca+2]. The Kier molecular flexibility index (Phi) is 24.0. The number of hydrogen-bond acceptors (Lipinski definition) is 14. The first-order valence-electron chi connectivity index (χ1n) is 20.4. The van der Waals surface area contributed by atoms with Crippen molar-refractivity contribution in [2.45, 2.75) is 145 Å². The van der Waals surface area contributed by atoms with Crippen molar-refractivity contribution >= 4 is 81.9 Å². The van der Waals surface area contributed by atoms with Crippen LogP contribution in [0.15, 0.2) is 46.2 Å². The number of hydrogen-bond donors (Lipinski definition) is 0. The van der Waals surface area contributed by atoms with Gasteiger partial charge in [0, 0.05) is 0 Å². The second-order valence-electron chi connectivity index (χ2n) is 17.8. The van der Waals surface area contributed by atoms with Gasteiger partial charge in [0.25, 0.3) is 0 Å². The Morgan fingerprint density at radius 1 is 0.361 bits per heavy atom. The van der Waals surface area contributed by atoms with Gasteiger partial charge in [-0.15, -0.1) is 0 Å². The van der Waals surface area contributed by atoms with Gasteiger partial charge in [0.15, 0.2) is 0 Å². The van der Waals surface area contributed by atoms with Crippen molar-refractivity contribution < 1.29 is 64.1 Å². The van der Waals surface area contributed by atoms with Crippen LogP contribution in [0.2, 0.25) is 0 Å². The maximum absolute atomic E-state index is 12.7. The number of esters is 4. The fourth-order valence-corrected chi connectivity index (χ4v) is 7.98. The average Bonchev–Trinajstić information content (AvgIpc) is 3.11. The van der Waals surface area contributed by atoms with E-state index < -0.39 is 78.3 Å². The van der Waals surface area contributed by atoms with Crippen LogP contribution in [0.4, 0.5) is 0 Å². The van der Waals surface area contributed by atoms with Gasteiger partial charge in [0.2, 0.25) is 0 Å². The Bertz CT molecular complexity index is 1720. The Balaban J connectivity index is 0.00000116. The first kappa shape index (κ1) is 58.4. The zero-order chi connectivity index (χ0) is 46.8. The van der Waals surface area contributed by atoms with Gasteiger partial charge in [-0.2, -0.15) is 0 Å². The second kappa shape index (κ2) is 25.0. The molecule has 2 rings (SSSR count). The molecule has 0 amide bonds. The van der Waals surface area contributed by atoms with Crippen LogP contribution in [0.5, 0.6) is 0 Å². The van der Waals surface area contributed by atoms with E-state index in [2.05, 4.69) is 0 Å². The molecule has 0 radical (unpaired) electrons. The standard InChI is InChI=1S/2C22H34O7S.Ca/c2*1-12(2)19(13(3)4)28-21(23)16-9-17(11-18(10-16)30(25,26)27)22(24)29-20(14(5)6)15(7)8;/h2*9-15,19-20H,1-8H3,(H,25,26,27);/q;;+2/p-2. The number of carbonyl (C=O) groups excluding carboxylic acids is 4. The molecule has 0 aliphatic carbocycles. The van der Waals surface area contributed by atoms with Crippen LogP contribution in [-0.4, -0.2) is 112 Å². The summed E-state index contributed by atoms with van der Waals surface area (Å²) < 4.78 is 91.7. The molecule has 0 unspecified atom stereocenters. The van der Waals surface area contributed by atoms with Crippen LogP contribution in [0, 0.1) is 47.3 Å². The quantitative estimate of drug-likeness (QED) is 0.0596. The van der Waals surface area contributed by atoms with E-state index in [1.807, 2.05) is 111 Å². The molecule has 2 aromatic rings. The Labute approximate surface area is 394 Å². The summed E-state index contributed by atoms with van der Waals surface area (Å²) in [6.07, 6.45) is -1.64. The van der Waals surface area contributed by atoms with Crippen molar-refractivity contribution in [3.8, 4) is 0 Å². The van der Waals surface area contributed by atoms with Crippen molar-refractivity contribution in [3.05, 3.63) is 58.7 Å². The molecular formula is C44H66CaO14S2. The zero-order valence-electron chi connectivity index (χ0n) is 38.6. The van der Waals surface area contributed by atoms with E-state index in [9.17, 15) is 45.1 Å². The Hall–Kier alpha value is -2.60. The minimum Gasteiger partial charge on any atom is -0.744 e. The third-order valence-electron chi connectivity index (χ3n) is 9.56. The van der Waals surface area contributed by atoms with E-state index in [0.29, 0.717) is 0 Å². The predicted octanol–water partition coefficient (Wildman–Crippen LogP) is 8.15. The van der Waals surface area contributed by atoms with E-state index in [4.69, 9.17) is 18.9 Å². The minimum absolute atomic E-state index is 0. The largest absolute Gasteiger partial charge is 2.00 e. The van der Waals surface area contributed by atoms with Gasteiger partial charge in [0.1, 0.15) is 44.7 Å². The second-order valence-corrected chi connectivity index (χ2v) is 20.6. The summed E-state index contributed by atoms with van der Waals surface area (Å²) in [6.45, 7) is 30.4. The first-order valence-corrected chi connectivity index (χ1v) is 23.2. The molecular weight excluding hydrogens is 857 g/mol. The van der Waals surface area contributed by atoms with E-state index in [0.717, 1.165) is 24.3 Å². The molecule has 0 aromatic heterocycles. The van der Waals surface area contributed by atoms with Crippen molar-refractivity contribution in [1.82, 2.24) is 0 Å². The summed E-state index contributed by atoms with van der Waals surface area (Å²) in [5.74, 6) is -2.96. The fourth-order valence-electron chi connectivity index (χ4n) is 6.89. The van der Waals surface area contributed by atoms with Gasteiger partial charge in [-0.25, -0.2) is 36.0 Å². The Morgan fingerprint density at radius 3 is 0.623 bits per heavy atom. The maximum atomic E-state index is 12.7. The summed E-state index contributed by atoms with van der Waals surface area (Å²) in [5, 5.41) is 0. The van der Waals surface area contributed by atoms with Crippen molar-refractivity contribution in [2.24, 2.45) is 47.3 Å². The molecule has 0 saturated heterocycles. The van der Waals surface area contributed by atoms with E-state index in [1.54, 1.807) is 0 Å². The summed E-state index contributed by atoms with van der Waals surface area (Å²) in [4.78, 5) is 49.4. The molecule has 0 spiro atoms. The van der Waals surface area contributed by atoms with Crippen LogP contribution < -0.4 is 0 Å². The van der Waals surface area contributed by atoms with Gasteiger partial charge in [-0.05, 0) is 83.7 Å². The molecule has 0 bridgehead atoms. The van der Waals surface area contributed by atoms with Gasteiger partial charge in [0.05, 0.1) is 32.0 Å². The summed E-state index contributed by atoms with van der Waals surface area (Å²) >= 11 is 0. The third kappa shape index (κ3) is 18.6. The molecule has 0 heterocycles. The number of benzene rings is 2. The average molecular weight is 923 g/mol. The van der Waals surface area contributed by atoms with Crippen LogP contribution in [-0.2, 0) is 39.2 Å². The summed E-state index contributed by atoms with van der Waals surface area (Å²) in [5.41, 5.74) is -0.738. The molecule has 0 aliphatic rings. The van der Waals surface area contributed by atoms with Crippen LogP contribution >= 0.6 is 0 Å². The van der Waals surface area contributed by atoms with Crippen molar-refractivity contribution in [3.63, 3.8) is 0 Å². The molecule has 0 fully saturated rings. The monoisotopic (exact) mass is 922 g/mol. The minimum atomic E-state index is -4.90. The van der Waals surface area contributed by atoms with Crippen LogP contribution in [0.3, 0.4) is 0 Å². The van der Waals surface area contributed by atoms with E-state index >= 15 is 0 Å². The van der Waals surface area contributed by atoms with Gasteiger partial charge >= 0.3 is 61.6 Å². The fraction of sp³-hybridized carbons (Fsp3) is 0.636. The van der Waals surface area contributed by atoms with E-state index in [-0.39, 0.29) is 107 Å². The number of rotatable bonds is 18. The summed E-state index contributed by atoms with van der Waals surface area (Å²) in [6, 6.07) is 6.13. The molecule has 0 saturated carbocycles. The predicted molar refractivity (Wildman–Crippen MR) is 230 cm³/mol. The zero-order valence-corrected chi connectivity index (χ0v) is 42.5. The number of carbonyl (C=O) groups is 4. The van der Waals surface area contributed by atoms with Crippen LogP contribution in [0.1, 0.15) is 152 Å². The normalized spacial score (nSPS) is 12.3. The molecule has 2 aromatic carbocycles. The Morgan fingerprint density at radius 2 is 0.508 bits per heavy atom. The van der Waals surface area contributed by atoms with E-state index in [1.165, 1.54) is 12.1 Å². The van der Waals surface area contributed by atoms with Crippen LogP contribution in [0.25, 0.3) is 0 Å². The topological polar surface area (TPSA) is 220 Å².